The lowest BCUT2D eigenvalue weighted by atomic mass is 10.2. The van der Waals surface area contributed by atoms with Crippen LogP contribution in [0.1, 0.15) is 18.3 Å². The highest BCUT2D eigenvalue weighted by atomic mass is 16.5. The molecule has 0 aliphatic carbocycles. The Labute approximate surface area is 152 Å². The van der Waals surface area contributed by atoms with E-state index in [-0.39, 0.29) is 12.5 Å². The SMILES string of the molecule is CCOC(=O)CN(Cc1ccccc1)Cc1noc(-c2ccccc2)n1. The van der Waals surface area contributed by atoms with Crippen molar-refractivity contribution in [3.8, 4) is 11.5 Å². The van der Waals surface area contributed by atoms with Gasteiger partial charge in [0.1, 0.15) is 0 Å². The molecule has 6 nitrogen and oxygen atoms in total. The lowest BCUT2D eigenvalue weighted by Gasteiger charge is -2.19. The molecule has 3 aromatic rings. The van der Waals surface area contributed by atoms with Gasteiger partial charge in [0.05, 0.1) is 19.7 Å². The predicted octanol–water partition coefficient (Wildman–Crippen LogP) is 3.30. The molecule has 0 amide bonds. The summed E-state index contributed by atoms with van der Waals surface area (Å²) < 4.78 is 10.4. The van der Waals surface area contributed by atoms with E-state index in [1.54, 1.807) is 6.92 Å². The largest absolute Gasteiger partial charge is 0.465 e. The molecule has 1 aromatic heterocycles. The molecule has 2 aromatic carbocycles. The van der Waals surface area contributed by atoms with Crippen LogP contribution in [0, 0.1) is 0 Å². The number of carbonyl (C=O) groups is 1. The van der Waals surface area contributed by atoms with E-state index in [2.05, 4.69) is 10.1 Å². The first-order chi connectivity index (χ1) is 12.7. The molecule has 3 rings (SSSR count). The first-order valence-electron chi connectivity index (χ1n) is 8.54. The van der Waals surface area contributed by atoms with Crippen LogP contribution in [0.4, 0.5) is 0 Å². The number of aromatic nitrogens is 2. The van der Waals surface area contributed by atoms with Crippen molar-refractivity contribution in [3.05, 3.63) is 72.1 Å². The second-order valence-corrected chi connectivity index (χ2v) is 5.82. The highest BCUT2D eigenvalue weighted by Gasteiger charge is 2.16. The maximum atomic E-state index is 11.9. The number of hydrogen-bond donors (Lipinski definition) is 0. The van der Waals surface area contributed by atoms with Gasteiger partial charge >= 0.3 is 5.97 Å². The number of carbonyl (C=O) groups excluding carboxylic acids is 1. The third-order valence-electron chi connectivity index (χ3n) is 3.76. The zero-order valence-electron chi connectivity index (χ0n) is 14.7. The van der Waals surface area contributed by atoms with Gasteiger partial charge in [0.25, 0.3) is 5.89 Å². The Kier molecular flexibility index (Phi) is 6.11. The lowest BCUT2D eigenvalue weighted by molar-refractivity contribution is -0.144. The predicted molar refractivity (Wildman–Crippen MR) is 96.9 cm³/mol. The zero-order chi connectivity index (χ0) is 18.2. The average molecular weight is 351 g/mol. The maximum absolute atomic E-state index is 11.9. The quantitative estimate of drug-likeness (QED) is 0.580. The Bertz CT molecular complexity index is 819. The molecule has 6 heteroatoms. The van der Waals surface area contributed by atoms with E-state index >= 15 is 0 Å². The molecule has 0 bridgehead atoms. The molecule has 0 saturated heterocycles. The molecule has 1 heterocycles. The molecule has 0 atom stereocenters. The first-order valence-corrected chi connectivity index (χ1v) is 8.54. The zero-order valence-corrected chi connectivity index (χ0v) is 14.7. The Balaban J connectivity index is 1.72. The number of rotatable bonds is 8. The van der Waals surface area contributed by atoms with E-state index in [0.717, 1.165) is 11.1 Å². The second-order valence-electron chi connectivity index (χ2n) is 5.82. The summed E-state index contributed by atoms with van der Waals surface area (Å²) in [6.45, 7) is 3.31. The summed E-state index contributed by atoms with van der Waals surface area (Å²) in [5.41, 5.74) is 1.97. The van der Waals surface area contributed by atoms with E-state index in [1.165, 1.54) is 0 Å². The van der Waals surface area contributed by atoms with Gasteiger partial charge < -0.3 is 9.26 Å². The summed E-state index contributed by atoms with van der Waals surface area (Å²) in [7, 11) is 0. The normalized spacial score (nSPS) is 10.8. The van der Waals surface area contributed by atoms with Gasteiger partial charge in [-0.1, -0.05) is 53.7 Å². The molecular weight excluding hydrogens is 330 g/mol. The van der Waals surface area contributed by atoms with Crippen molar-refractivity contribution in [2.45, 2.75) is 20.0 Å². The number of nitrogens with zero attached hydrogens (tertiary/aromatic N) is 3. The smallest absolute Gasteiger partial charge is 0.320 e. The fourth-order valence-electron chi connectivity index (χ4n) is 2.61. The summed E-state index contributed by atoms with van der Waals surface area (Å²) in [5.74, 6) is 0.732. The molecule has 26 heavy (non-hydrogen) atoms. The van der Waals surface area contributed by atoms with Crippen LogP contribution in [0.2, 0.25) is 0 Å². The van der Waals surface area contributed by atoms with Crippen LogP contribution in [0.15, 0.2) is 65.2 Å². The minimum absolute atomic E-state index is 0.165. The van der Waals surface area contributed by atoms with Crippen LogP contribution in [-0.2, 0) is 22.6 Å². The lowest BCUT2D eigenvalue weighted by Crippen LogP contribution is -2.30. The highest BCUT2D eigenvalue weighted by molar-refractivity contribution is 5.71. The number of ether oxygens (including phenoxy) is 1. The summed E-state index contributed by atoms with van der Waals surface area (Å²) in [5, 5.41) is 4.05. The molecule has 0 fully saturated rings. The first kappa shape index (κ1) is 17.8. The van der Waals surface area contributed by atoms with Crippen LogP contribution in [-0.4, -0.2) is 34.2 Å². The van der Waals surface area contributed by atoms with Crippen molar-refractivity contribution < 1.29 is 14.1 Å². The van der Waals surface area contributed by atoms with Crippen LogP contribution in [0.3, 0.4) is 0 Å². The second kappa shape index (κ2) is 8.92. The minimum atomic E-state index is -0.268. The third kappa shape index (κ3) is 5.00. The van der Waals surface area contributed by atoms with Crippen molar-refractivity contribution in [1.29, 1.82) is 0 Å². The van der Waals surface area contributed by atoms with E-state index in [0.29, 0.717) is 31.4 Å². The number of esters is 1. The Hall–Kier alpha value is -2.99. The third-order valence-corrected chi connectivity index (χ3v) is 3.76. The van der Waals surface area contributed by atoms with Gasteiger partial charge in [-0.15, -0.1) is 0 Å². The summed E-state index contributed by atoms with van der Waals surface area (Å²) in [6, 6.07) is 19.5. The van der Waals surface area contributed by atoms with Gasteiger partial charge in [0, 0.05) is 12.1 Å². The van der Waals surface area contributed by atoms with Gasteiger partial charge in [-0.05, 0) is 24.6 Å². The molecule has 0 saturated carbocycles. The van der Waals surface area contributed by atoms with Crippen LogP contribution in [0.25, 0.3) is 11.5 Å². The van der Waals surface area contributed by atoms with Crippen molar-refractivity contribution >= 4 is 5.97 Å². The van der Waals surface area contributed by atoms with Gasteiger partial charge in [-0.2, -0.15) is 4.98 Å². The van der Waals surface area contributed by atoms with Gasteiger partial charge in [-0.3, -0.25) is 9.69 Å². The molecule has 0 radical (unpaired) electrons. The Morgan fingerprint density at radius 1 is 1.04 bits per heavy atom. The molecule has 0 aliphatic rings. The topological polar surface area (TPSA) is 68.5 Å². The van der Waals surface area contributed by atoms with Gasteiger partial charge in [0.2, 0.25) is 0 Å². The number of hydrogen-bond acceptors (Lipinski definition) is 6. The number of benzene rings is 2. The standard InChI is InChI=1S/C20H21N3O3/c1-2-25-19(24)15-23(13-16-9-5-3-6-10-16)14-18-21-20(26-22-18)17-11-7-4-8-12-17/h3-12H,2,13-15H2,1H3. The highest BCUT2D eigenvalue weighted by Crippen LogP contribution is 2.17. The van der Waals surface area contributed by atoms with E-state index in [1.807, 2.05) is 65.6 Å². The Morgan fingerprint density at radius 3 is 2.42 bits per heavy atom. The van der Waals surface area contributed by atoms with Crippen LogP contribution in [0.5, 0.6) is 0 Å². The maximum Gasteiger partial charge on any atom is 0.320 e. The van der Waals surface area contributed by atoms with Crippen LogP contribution < -0.4 is 0 Å². The molecule has 0 aliphatic heterocycles. The molecule has 134 valence electrons. The Morgan fingerprint density at radius 2 is 1.73 bits per heavy atom. The fraction of sp³-hybridized carbons (Fsp3) is 0.250. The van der Waals surface area contributed by atoms with E-state index < -0.39 is 0 Å². The average Bonchev–Trinajstić information content (AvgIpc) is 3.12. The molecule has 0 N–H and O–H groups in total. The van der Waals surface area contributed by atoms with Gasteiger partial charge in [0.15, 0.2) is 5.82 Å². The molecular formula is C20H21N3O3. The molecule has 0 spiro atoms. The van der Waals surface area contributed by atoms with Crippen molar-refractivity contribution in [1.82, 2.24) is 15.0 Å². The minimum Gasteiger partial charge on any atom is -0.465 e. The monoisotopic (exact) mass is 351 g/mol. The summed E-state index contributed by atoms with van der Waals surface area (Å²) >= 11 is 0. The fourth-order valence-corrected chi connectivity index (χ4v) is 2.61. The van der Waals surface area contributed by atoms with Crippen molar-refractivity contribution in [3.63, 3.8) is 0 Å². The van der Waals surface area contributed by atoms with Crippen LogP contribution >= 0.6 is 0 Å². The summed E-state index contributed by atoms with van der Waals surface area (Å²) in [6.07, 6.45) is 0. The summed E-state index contributed by atoms with van der Waals surface area (Å²) in [4.78, 5) is 18.3. The van der Waals surface area contributed by atoms with Gasteiger partial charge in [-0.25, -0.2) is 0 Å². The van der Waals surface area contributed by atoms with Crippen molar-refractivity contribution in [2.75, 3.05) is 13.2 Å². The van der Waals surface area contributed by atoms with E-state index in [9.17, 15) is 4.79 Å². The van der Waals surface area contributed by atoms with Crippen molar-refractivity contribution in [2.24, 2.45) is 0 Å². The van der Waals surface area contributed by atoms with E-state index in [4.69, 9.17) is 9.26 Å². The molecule has 0 unspecified atom stereocenters.